The van der Waals surface area contributed by atoms with Gasteiger partial charge >= 0.3 is 0 Å². The van der Waals surface area contributed by atoms with Crippen LogP contribution in [0.1, 0.15) is 37.8 Å². The average molecular weight is 339 g/mol. The summed E-state index contributed by atoms with van der Waals surface area (Å²) in [5.74, 6) is 1.78. The van der Waals surface area contributed by atoms with Crippen LogP contribution in [0.4, 0.5) is 0 Å². The monoisotopic (exact) mass is 339 g/mol. The van der Waals surface area contributed by atoms with Crippen molar-refractivity contribution in [2.45, 2.75) is 39.8 Å². The summed E-state index contributed by atoms with van der Waals surface area (Å²) in [4.78, 5) is 7.34. The Kier molecular flexibility index (Phi) is 6.09. The molecule has 25 heavy (non-hydrogen) atoms. The Morgan fingerprint density at radius 2 is 2.12 bits per heavy atom. The molecule has 1 aromatic heterocycles. The van der Waals surface area contributed by atoms with Crippen LogP contribution in [-0.2, 0) is 13.1 Å². The Labute approximate surface area is 150 Å². The van der Waals surface area contributed by atoms with Crippen molar-refractivity contribution in [3.63, 3.8) is 0 Å². The molecule has 1 fully saturated rings. The van der Waals surface area contributed by atoms with E-state index in [1.54, 1.807) is 0 Å². The molecular formula is C20H29N5. The van der Waals surface area contributed by atoms with E-state index < -0.39 is 0 Å². The highest BCUT2D eigenvalue weighted by Crippen LogP contribution is 2.16. The van der Waals surface area contributed by atoms with Crippen LogP contribution in [0.2, 0.25) is 0 Å². The summed E-state index contributed by atoms with van der Waals surface area (Å²) in [6.07, 6.45) is 6.39. The molecule has 1 aliphatic heterocycles. The molecule has 0 amide bonds. The van der Waals surface area contributed by atoms with E-state index in [2.05, 4.69) is 53.4 Å². The molecule has 3 rings (SSSR count). The lowest BCUT2D eigenvalue weighted by Gasteiger charge is -2.33. The second kappa shape index (κ2) is 8.70. The molecule has 1 aliphatic rings. The van der Waals surface area contributed by atoms with Crippen molar-refractivity contribution in [3.05, 3.63) is 53.9 Å². The summed E-state index contributed by atoms with van der Waals surface area (Å²) >= 11 is 0. The number of nitrogens with zero attached hydrogens (tertiary/aromatic N) is 4. The second-order valence-electron chi connectivity index (χ2n) is 6.84. The summed E-state index contributed by atoms with van der Waals surface area (Å²) < 4.78 is 1.96. The van der Waals surface area contributed by atoms with Gasteiger partial charge in [0.15, 0.2) is 5.96 Å². The summed E-state index contributed by atoms with van der Waals surface area (Å²) in [7, 11) is 0. The third-order valence-corrected chi connectivity index (χ3v) is 4.70. The first-order chi connectivity index (χ1) is 12.3. The smallest absolute Gasteiger partial charge is 0.194 e. The molecule has 0 radical (unpaired) electrons. The second-order valence-corrected chi connectivity index (χ2v) is 6.84. The van der Waals surface area contributed by atoms with Crippen LogP contribution >= 0.6 is 0 Å². The Balaban J connectivity index is 1.74. The molecule has 1 aromatic carbocycles. The lowest BCUT2D eigenvalue weighted by atomic mass is 10.0. The van der Waals surface area contributed by atoms with Gasteiger partial charge < -0.3 is 10.2 Å². The Morgan fingerprint density at radius 3 is 2.84 bits per heavy atom. The fourth-order valence-electron chi connectivity index (χ4n) is 3.40. The lowest BCUT2D eigenvalue weighted by Crippen LogP contribution is -2.46. The molecule has 2 heterocycles. The van der Waals surface area contributed by atoms with Gasteiger partial charge in [-0.05, 0) is 42.9 Å². The van der Waals surface area contributed by atoms with Gasteiger partial charge in [0.2, 0.25) is 0 Å². The number of likely N-dealkylation sites (tertiary alicyclic amines) is 1. The van der Waals surface area contributed by atoms with Crippen molar-refractivity contribution in [1.82, 2.24) is 20.0 Å². The number of piperidine rings is 1. The summed E-state index contributed by atoms with van der Waals surface area (Å²) in [5.41, 5.74) is 2.54. The molecular weight excluding hydrogens is 310 g/mol. The normalized spacial score (nSPS) is 18.4. The van der Waals surface area contributed by atoms with Crippen LogP contribution in [0.25, 0.3) is 0 Å². The first-order valence-electron chi connectivity index (χ1n) is 9.33. The molecule has 5 nitrogen and oxygen atoms in total. The number of benzene rings is 1. The SMILES string of the molecule is CCNC(=NCc1ccccc1Cn1cccn1)N1CCCC(C)C1. The van der Waals surface area contributed by atoms with E-state index in [0.29, 0.717) is 6.54 Å². The Hall–Kier alpha value is -2.30. The van der Waals surface area contributed by atoms with Gasteiger partial charge in [-0.2, -0.15) is 5.10 Å². The lowest BCUT2D eigenvalue weighted by molar-refractivity contribution is 0.266. The van der Waals surface area contributed by atoms with Gasteiger partial charge in [-0.3, -0.25) is 4.68 Å². The molecule has 5 heteroatoms. The predicted molar refractivity (Wildman–Crippen MR) is 103 cm³/mol. The zero-order valence-electron chi connectivity index (χ0n) is 15.4. The van der Waals surface area contributed by atoms with E-state index in [4.69, 9.17) is 4.99 Å². The number of hydrogen-bond acceptors (Lipinski definition) is 2. The van der Waals surface area contributed by atoms with Gasteiger partial charge in [-0.1, -0.05) is 31.2 Å². The minimum Gasteiger partial charge on any atom is -0.357 e. The van der Waals surface area contributed by atoms with Crippen molar-refractivity contribution in [2.24, 2.45) is 10.9 Å². The van der Waals surface area contributed by atoms with Crippen molar-refractivity contribution < 1.29 is 0 Å². The predicted octanol–water partition coefficient (Wildman–Crippen LogP) is 3.13. The first kappa shape index (κ1) is 17.5. The Bertz CT molecular complexity index is 677. The van der Waals surface area contributed by atoms with Crippen LogP contribution in [-0.4, -0.2) is 40.3 Å². The summed E-state index contributed by atoms with van der Waals surface area (Å²) in [6, 6.07) is 10.5. The fourth-order valence-corrected chi connectivity index (χ4v) is 3.40. The quantitative estimate of drug-likeness (QED) is 0.672. The van der Waals surface area contributed by atoms with E-state index in [-0.39, 0.29) is 0 Å². The van der Waals surface area contributed by atoms with Crippen molar-refractivity contribution in [1.29, 1.82) is 0 Å². The van der Waals surface area contributed by atoms with Crippen molar-refractivity contribution >= 4 is 5.96 Å². The van der Waals surface area contributed by atoms with Gasteiger partial charge in [0.1, 0.15) is 0 Å². The molecule has 0 saturated carbocycles. The van der Waals surface area contributed by atoms with Gasteiger partial charge in [0, 0.05) is 32.0 Å². The van der Waals surface area contributed by atoms with E-state index in [9.17, 15) is 0 Å². The highest BCUT2D eigenvalue weighted by atomic mass is 15.3. The molecule has 1 unspecified atom stereocenters. The Morgan fingerprint density at radius 1 is 1.28 bits per heavy atom. The molecule has 2 aromatic rings. The maximum Gasteiger partial charge on any atom is 0.194 e. The number of aromatic nitrogens is 2. The van der Waals surface area contributed by atoms with Gasteiger partial charge in [0.25, 0.3) is 0 Å². The number of aliphatic imine (C=N–C) groups is 1. The largest absolute Gasteiger partial charge is 0.357 e. The maximum absolute atomic E-state index is 4.93. The van der Waals surface area contributed by atoms with Gasteiger partial charge in [0.05, 0.1) is 13.1 Å². The van der Waals surface area contributed by atoms with Crippen LogP contribution in [0.3, 0.4) is 0 Å². The van der Waals surface area contributed by atoms with Gasteiger partial charge in [-0.15, -0.1) is 0 Å². The van der Waals surface area contributed by atoms with Crippen LogP contribution in [0.15, 0.2) is 47.7 Å². The van der Waals surface area contributed by atoms with E-state index in [1.807, 2.05) is 23.1 Å². The number of hydrogen-bond donors (Lipinski definition) is 1. The van der Waals surface area contributed by atoms with Crippen molar-refractivity contribution in [3.8, 4) is 0 Å². The molecule has 0 aliphatic carbocycles. The van der Waals surface area contributed by atoms with E-state index in [0.717, 1.165) is 38.1 Å². The topological polar surface area (TPSA) is 45.5 Å². The third kappa shape index (κ3) is 4.84. The standard InChI is InChI=1S/C20H29N5/c1-3-21-20(24-12-6-8-17(2)15-24)22-14-18-9-4-5-10-19(18)16-25-13-7-11-23-25/h4-5,7,9-11,13,17H,3,6,8,12,14-16H2,1-2H3,(H,21,22). The molecule has 1 saturated heterocycles. The molecule has 0 bridgehead atoms. The van der Waals surface area contributed by atoms with Gasteiger partial charge in [-0.25, -0.2) is 4.99 Å². The van der Waals surface area contributed by atoms with Crippen molar-refractivity contribution in [2.75, 3.05) is 19.6 Å². The minimum absolute atomic E-state index is 0.699. The van der Waals surface area contributed by atoms with Crippen LogP contribution in [0, 0.1) is 5.92 Å². The minimum atomic E-state index is 0.699. The molecule has 134 valence electrons. The maximum atomic E-state index is 4.93. The molecule has 1 atom stereocenters. The zero-order valence-corrected chi connectivity index (χ0v) is 15.4. The number of rotatable bonds is 5. The molecule has 1 N–H and O–H groups in total. The fraction of sp³-hybridized carbons (Fsp3) is 0.500. The van der Waals surface area contributed by atoms with Crippen LogP contribution < -0.4 is 5.32 Å². The van der Waals surface area contributed by atoms with E-state index >= 15 is 0 Å². The third-order valence-electron chi connectivity index (χ3n) is 4.70. The number of nitrogens with one attached hydrogen (secondary N) is 1. The molecule has 0 spiro atoms. The average Bonchev–Trinajstić information content (AvgIpc) is 3.13. The number of guanidine groups is 1. The van der Waals surface area contributed by atoms with Crippen LogP contribution in [0.5, 0.6) is 0 Å². The summed E-state index contributed by atoms with van der Waals surface area (Å²) in [5, 5.41) is 7.79. The van der Waals surface area contributed by atoms with E-state index in [1.165, 1.54) is 24.0 Å². The highest BCUT2D eigenvalue weighted by molar-refractivity contribution is 5.80. The highest BCUT2D eigenvalue weighted by Gasteiger charge is 2.19. The first-order valence-corrected chi connectivity index (χ1v) is 9.33. The summed E-state index contributed by atoms with van der Waals surface area (Å²) in [6.45, 7) is 9.05. The zero-order chi connectivity index (χ0) is 17.5.